The summed E-state index contributed by atoms with van der Waals surface area (Å²) in [4.78, 5) is -0.328. The molecule has 0 aliphatic rings. The molecule has 0 aliphatic carbocycles. The van der Waals surface area contributed by atoms with Gasteiger partial charge in [-0.15, -0.1) is 0 Å². The van der Waals surface area contributed by atoms with Crippen LogP contribution < -0.4 is 5.73 Å². The molecular weight excluding hydrogens is 230 g/mol. The Bertz CT molecular complexity index is 664. The predicted octanol–water partition coefficient (Wildman–Crippen LogP) is 1.37. The third-order valence-corrected chi connectivity index (χ3v) is 3.19. The summed E-state index contributed by atoms with van der Waals surface area (Å²) in [5.74, 6) is 0.0616. The first kappa shape index (κ1) is 10.7. The number of nitrogen functional groups attached to an aromatic ring is 1. The van der Waals surface area contributed by atoms with Crippen molar-refractivity contribution in [3.63, 3.8) is 0 Å². The highest BCUT2D eigenvalue weighted by Crippen LogP contribution is 2.29. The smallest absolute Gasteiger partial charge is 0.296 e. The van der Waals surface area contributed by atoms with Crippen molar-refractivity contribution in [3.8, 4) is 5.75 Å². The van der Waals surface area contributed by atoms with Crippen LogP contribution in [0.25, 0.3) is 10.8 Å². The van der Waals surface area contributed by atoms with Gasteiger partial charge in [-0.05, 0) is 29.7 Å². The van der Waals surface area contributed by atoms with E-state index in [1.54, 1.807) is 0 Å². The monoisotopic (exact) mass is 239 g/mol. The van der Waals surface area contributed by atoms with E-state index in [0.29, 0.717) is 10.8 Å². The normalized spacial score (nSPS) is 11.8. The van der Waals surface area contributed by atoms with Crippen molar-refractivity contribution in [1.29, 1.82) is 0 Å². The maximum atomic E-state index is 11.0. The van der Waals surface area contributed by atoms with Gasteiger partial charge in [-0.2, -0.15) is 8.42 Å². The number of phenols is 1. The molecule has 0 fully saturated rings. The van der Waals surface area contributed by atoms with Crippen molar-refractivity contribution < 1.29 is 18.1 Å². The number of anilines is 1. The zero-order valence-electron chi connectivity index (χ0n) is 8.08. The highest BCUT2D eigenvalue weighted by Gasteiger charge is 2.15. The first-order valence-electron chi connectivity index (χ1n) is 4.38. The average molecular weight is 239 g/mol. The molecule has 0 bridgehead atoms. The molecule has 84 valence electrons. The molecule has 6 heteroatoms. The molecule has 0 amide bonds. The van der Waals surface area contributed by atoms with E-state index in [1.807, 2.05) is 0 Å². The third-order valence-electron chi connectivity index (χ3n) is 2.28. The molecule has 0 radical (unpaired) electrons. The van der Waals surface area contributed by atoms with Gasteiger partial charge in [0.2, 0.25) is 0 Å². The summed E-state index contributed by atoms with van der Waals surface area (Å²) in [5.41, 5.74) is 5.61. The zero-order valence-corrected chi connectivity index (χ0v) is 8.90. The molecule has 0 aliphatic heterocycles. The number of fused-ring (bicyclic) bond motifs is 1. The van der Waals surface area contributed by atoms with Gasteiger partial charge in [0.15, 0.2) is 0 Å². The number of aromatic hydroxyl groups is 1. The van der Waals surface area contributed by atoms with Crippen LogP contribution in [0.2, 0.25) is 0 Å². The van der Waals surface area contributed by atoms with E-state index in [2.05, 4.69) is 0 Å². The minimum atomic E-state index is -4.32. The molecule has 0 atom stereocenters. The van der Waals surface area contributed by atoms with Gasteiger partial charge in [0.25, 0.3) is 10.1 Å². The summed E-state index contributed by atoms with van der Waals surface area (Å²) in [5, 5.41) is 10.3. The van der Waals surface area contributed by atoms with Crippen molar-refractivity contribution in [3.05, 3.63) is 30.3 Å². The van der Waals surface area contributed by atoms with Crippen LogP contribution in [0, 0.1) is 0 Å². The maximum absolute atomic E-state index is 11.0. The van der Waals surface area contributed by atoms with E-state index >= 15 is 0 Å². The lowest BCUT2D eigenvalue weighted by Crippen LogP contribution is -2.03. The van der Waals surface area contributed by atoms with Crippen LogP contribution >= 0.6 is 0 Å². The Morgan fingerprint density at radius 2 is 1.81 bits per heavy atom. The molecule has 2 rings (SSSR count). The molecule has 0 saturated carbocycles. The van der Waals surface area contributed by atoms with Crippen molar-refractivity contribution in [1.82, 2.24) is 0 Å². The van der Waals surface area contributed by atoms with Crippen molar-refractivity contribution >= 4 is 26.6 Å². The van der Waals surface area contributed by atoms with Gasteiger partial charge < -0.3 is 10.8 Å². The molecule has 0 unspecified atom stereocenters. The van der Waals surface area contributed by atoms with Crippen LogP contribution in [-0.4, -0.2) is 18.1 Å². The first-order valence-corrected chi connectivity index (χ1v) is 5.82. The van der Waals surface area contributed by atoms with E-state index in [0.717, 1.165) is 0 Å². The third kappa shape index (κ3) is 1.68. The van der Waals surface area contributed by atoms with Gasteiger partial charge >= 0.3 is 0 Å². The Morgan fingerprint density at radius 1 is 1.12 bits per heavy atom. The highest BCUT2D eigenvalue weighted by molar-refractivity contribution is 7.86. The minimum absolute atomic E-state index is 0.0278. The number of hydrogen-bond donors (Lipinski definition) is 3. The molecular formula is C10H9NO4S. The molecule has 0 spiro atoms. The van der Waals surface area contributed by atoms with Gasteiger partial charge in [-0.1, -0.05) is 6.07 Å². The van der Waals surface area contributed by atoms with E-state index in [1.165, 1.54) is 30.3 Å². The summed E-state index contributed by atoms with van der Waals surface area (Å²) in [7, 11) is -4.32. The number of nitrogens with two attached hydrogens (primary N) is 1. The fourth-order valence-corrected chi connectivity index (χ4v) is 2.17. The maximum Gasteiger partial charge on any atom is 0.296 e. The molecule has 0 heterocycles. The summed E-state index contributed by atoms with van der Waals surface area (Å²) in [6.07, 6.45) is 0. The molecule has 16 heavy (non-hydrogen) atoms. The van der Waals surface area contributed by atoms with E-state index in [9.17, 15) is 13.5 Å². The highest BCUT2D eigenvalue weighted by atomic mass is 32.2. The predicted molar refractivity (Wildman–Crippen MR) is 59.8 cm³/mol. The number of phenolic OH excluding ortho intramolecular Hbond substituents is 1. The summed E-state index contributed by atoms with van der Waals surface area (Å²) < 4.78 is 30.9. The second kappa shape index (κ2) is 3.36. The summed E-state index contributed by atoms with van der Waals surface area (Å²) >= 11 is 0. The van der Waals surface area contributed by atoms with Crippen molar-refractivity contribution in [2.24, 2.45) is 0 Å². The first-order chi connectivity index (χ1) is 7.39. The zero-order chi connectivity index (χ0) is 11.9. The van der Waals surface area contributed by atoms with Crippen molar-refractivity contribution in [2.45, 2.75) is 4.90 Å². The Kier molecular flexibility index (Phi) is 2.25. The fraction of sp³-hybridized carbons (Fsp3) is 0. The molecule has 2 aromatic rings. The Labute approximate surface area is 91.9 Å². The molecule has 4 N–H and O–H groups in total. The lowest BCUT2D eigenvalue weighted by Gasteiger charge is -2.06. The molecule has 0 saturated heterocycles. The quantitative estimate of drug-likeness (QED) is 0.515. The van der Waals surface area contributed by atoms with Gasteiger partial charge in [0.05, 0.1) is 5.69 Å². The standard InChI is InChI=1S/C10H9NO4S/c11-10-8-3-2-7(12)5-6(8)1-4-9(10)16(13,14)15/h1-5,12H,11H2,(H,13,14,15). The van der Waals surface area contributed by atoms with Crippen molar-refractivity contribution in [2.75, 3.05) is 5.73 Å². The van der Waals surface area contributed by atoms with E-state index in [-0.39, 0.29) is 16.3 Å². The Morgan fingerprint density at radius 3 is 2.44 bits per heavy atom. The Hall–Kier alpha value is -1.79. The van der Waals surface area contributed by atoms with E-state index in [4.69, 9.17) is 10.3 Å². The molecule has 0 aromatic heterocycles. The number of rotatable bonds is 1. The van der Waals surface area contributed by atoms with Gasteiger partial charge in [-0.3, -0.25) is 4.55 Å². The average Bonchev–Trinajstić information content (AvgIpc) is 2.15. The van der Waals surface area contributed by atoms with Crippen LogP contribution in [0.3, 0.4) is 0 Å². The Balaban J connectivity index is 2.86. The lowest BCUT2D eigenvalue weighted by atomic mass is 10.1. The van der Waals surface area contributed by atoms with Gasteiger partial charge in [0, 0.05) is 5.39 Å². The second-order valence-electron chi connectivity index (χ2n) is 3.36. The van der Waals surface area contributed by atoms with Crippen LogP contribution in [0.15, 0.2) is 35.2 Å². The molecule has 5 nitrogen and oxygen atoms in total. The van der Waals surface area contributed by atoms with Gasteiger partial charge in [0.1, 0.15) is 10.6 Å². The minimum Gasteiger partial charge on any atom is -0.508 e. The van der Waals surface area contributed by atoms with E-state index < -0.39 is 10.1 Å². The van der Waals surface area contributed by atoms with Crippen LogP contribution in [0.4, 0.5) is 5.69 Å². The number of benzene rings is 2. The van der Waals surface area contributed by atoms with Crippen LogP contribution in [-0.2, 0) is 10.1 Å². The van der Waals surface area contributed by atoms with Crippen LogP contribution in [0.1, 0.15) is 0 Å². The fourth-order valence-electron chi connectivity index (χ4n) is 1.55. The summed E-state index contributed by atoms with van der Waals surface area (Å²) in [6, 6.07) is 7.02. The van der Waals surface area contributed by atoms with Crippen LogP contribution in [0.5, 0.6) is 5.75 Å². The van der Waals surface area contributed by atoms with Gasteiger partial charge in [-0.25, -0.2) is 0 Å². The largest absolute Gasteiger partial charge is 0.508 e. The summed E-state index contributed by atoms with van der Waals surface area (Å²) in [6.45, 7) is 0. The SMILES string of the molecule is Nc1c(S(=O)(=O)O)ccc2cc(O)ccc12. The molecule has 2 aromatic carbocycles. The second-order valence-corrected chi connectivity index (χ2v) is 4.75. The number of hydrogen-bond acceptors (Lipinski definition) is 4. The topological polar surface area (TPSA) is 101 Å². The lowest BCUT2D eigenvalue weighted by molar-refractivity contribution is 0.476.